The summed E-state index contributed by atoms with van der Waals surface area (Å²) in [5.41, 5.74) is 0. The van der Waals surface area contributed by atoms with E-state index in [9.17, 15) is 79.4 Å². The lowest BCUT2D eigenvalue weighted by Crippen LogP contribution is -2.66. The summed E-state index contributed by atoms with van der Waals surface area (Å²) >= 11 is 0. The van der Waals surface area contributed by atoms with Crippen molar-refractivity contribution in [1.29, 1.82) is 0 Å². The Kier molecular flexibility index (Phi) is 10.7. The Hall–Kier alpha value is -2.04. The molecule has 0 bridgehead atoms. The quantitative estimate of drug-likeness (QED) is 0.289. The highest BCUT2D eigenvalue weighted by molar-refractivity contribution is 5.91. The molecule has 0 fully saturated rings. The second kappa shape index (κ2) is 9.84. The molecule has 0 aromatic heterocycles. The van der Waals surface area contributed by atoms with E-state index in [2.05, 4.69) is 0 Å². The summed E-state index contributed by atoms with van der Waals surface area (Å²) in [6, 6.07) is 0. The fourth-order valence-electron chi connectivity index (χ4n) is 0.962. The fourth-order valence-corrected chi connectivity index (χ4v) is 0.962. The summed E-state index contributed by atoms with van der Waals surface area (Å²) in [6.45, 7) is 0.731. The first-order valence-electron chi connectivity index (χ1n) is 5.92. The van der Waals surface area contributed by atoms with Crippen LogP contribution in [0.3, 0.4) is 0 Å². The molecule has 0 aromatic rings. The lowest BCUT2D eigenvalue weighted by atomic mass is 9.97. The maximum atomic E-state index is 12.5. The van der Waals surface area contributed by atoms with Crippen LogP contribution in [0.25, 0.3) is 0 Å². The Morgan fingerprint density at radius 1 is 0.567 bits per heavy atom. The van der Waals surface area contributed by atoms with Crippen LogP contribution in [-0.4, -0.2) is 35.6 Å². The Bertz CT molecular complexity index is 661. The molecule has 30 heavy (non-hydrogen) atoms. The molecular weight excluding hydrogens is 483 g/mol. The number of hydrogen-bond donors (Lipinski definition) is 0. The minimum absolute atomic E-state index is 0. The highest BCUT2D eigenvalue weighted by Gasteiger charge is 2.88. The van der Waals surface area contributed by atoms with Gasteiger partial charge in [0.25, 0.3) is 0 Å². The van der Waals surface area contributed by atoms with Crippen LogP contribution in [0.5, 0.6) is 0 Å². The Morgan fingerprint density at radius 3 is 1.07 bits per heavy atom. The second-order valence-corrected chi connectivity index (χ2v) is 4.50. The van der Waals surface area contributed by atoms with Crippen molar-refractivity contribution in [3.63, 3.8) is 0 Å². The van der Waals surface area contributed by atoms with Crippen molar-refractivity contribution < 1.29 is 79.4 Å². The van der Waals surface area contributed by atoms with Gasteiger partial charge in [-0.2, -0.15) is 74.6 Å². The fraction of sp³-hybridized carbons (Fsp3) is 0.583. The summed E-state index contributed by atoms with van der Waals surface area (Å²) in [6.07, 6.45) is -14.3. The molecule has 0 aromatic carbocycles. The van der Waals surface area contributed by atoms with E-state index in [0.717, 1.165) is 6.92 Å². The van der Waals surface area contributed by atoms with Crippen molar-refractivity contribution in [2.45, 2.75) is 44.2 Å². The number of ketones is 1. The molecule has 0 amide bonds. The monoisotopic (exact) mass is 490 g/mol. The first kappa shape index (κ1) is 32.6. The highest BCUT2D eigenvalue weighted by atomic mass is 19.4. The van der Waals surface area contributed by atoms with E-state index in [-0.39, 0.29) is 7.43 Å². The zero-order chi connectivity index (χ0) is 24.4. The van der Waals surface area contributed by atoms with Crippen LogP contribution in [0.15, 0.2) is 23.8 Å². The molecule has 0 rings (SSSR count). The molecule has 0 saturated carbocycles. The summed E-state index contributed by atoms with van der Waals surface area (Å²) in [4.78, 5) is 9.67. The number of carbonyl (C=O) groups excluding carboxylic acids is 1. The van der Waals surface area contributed by atoms with Gasteiger partial charge in [0, 0.05) is 6.92 Å². The highest BCUT2D eigenvalue weighted by Crippen LogP contribution is 2.59. The predicted molar refractivity (Wildman–Crippen MR) is 64.0 cm³/mol. The van der Waals surface area contributed by atoms with Crippen molar-refractivity contribution in [2.75, 3.05) is 0 Å². The van der Waals surface area contributed by atoms with Crippen molar-refractivity contribution >= 4 is 5.78 Å². The molecule has 0 N–H and O–H groups in total. The standard InChI is InChI=1S/C7F14.C4H3F3O.CH4/c8-1(2(9)10)3(11,12)4(13,14)5(15,16)6(17,18)7(19,20)21;1-2(8)3(5)4(6)7;/h;1H3;1H4. The molecule has 0 saturated heterocycles. The largest absolute Gasteiger partial charge is 0.460 e. The van der Waals surface area contributed by atoms with Crippen molar-refractivity contribution in [1.82, 2.24) is 0 Å². The van der Waals surface area contributed by atoms with Gasteiger partial charge in [-0.15, -0.1) is 0 Å². The van der Waals surface area contributed by atoms with Gasteiger partial charge in [0.15, 0.2) is 5.78 Å². The lowest BCUT2D eigenvalue weighted by molar-refractivity contribution is -0.419. The van der Waals surface area contributed by atoms with Gasteiger partial charge in [-0.3, -0.25) is 4.79 Å². The van der Waals surface area contributed by atoms with Gasteiger partial charge in [0.2, 0.25) is 11.7 Å². The molecule has 0 aliphatic rings. The first-order valence-corrected chi connectivity index (χ1v) is 5.92. The average Bonchev–Trinajstić information content (AvgIpc) is 2.51. The molecule has 0 aliphatic heterocycles. The number of hydrogen-bond acceptors (Lipinski definition) is 1. The maximum Gasteiger partial charge on any atom is 0.460 e. The summed E-state index contributed by atoms with van der Waals surface area (Å²) in [5, 5.41) is 0. The third-order valence-electron chi connectivity index (χ3n) is 2.46. The van der Waals surface area contributed by atoms with Gasteiger partial charge in [-0.25, -0.2) is 0 Å². The van der Waals surface area contributed by atoms with Gasteiger partial charge < -0.3 is 0 Å². The molecule has 0 atom stereocenters. The third-order valence-corrected chi connectivity index (χ3v) is 2.46. The SMILES string of the molecule is C.CC(=O)C(F)=C(F)F.FC(F)=C(F)C(F)(F)C(F)(F)C(F)(F)C(F)(F)C(F)(F)F. The molecule has 0 radical (unpaired) electrons. The van der Waals surface area contributed by atoms with Crippen molar-refractivity contribution in [2.24, 2.45) is 0 Å². The van der Waals surface area contributed by atoms with Crippen LogP contribution in [0.1, 0.15) is 14.4 Å². The number of allylic oxidation sites excluding steroid dienone is 2. The van der Waals surface area contributed by atoms with Crippen LogP contribution in [0.2, 0.25) is 0 Å². The van der Waals surface area contributed by atoms with E-state index in [0.29, 0.717) is 0 Å². The van der Waals surface area contributed by atoms with Crippen LogP contribution in [-0.2, 0) is 4.79 Å². The summed E-state index contributed by atoms with van der Waals surface area (Å²) < 4.78 is 202. The first-order chi connectivity index (χ1) is 12.4. The van der Waals surface area contributed by atoms with Crippen LogP contribution >= 0.6 is 0 Å². The van der Waals surface area contributed by atoms with Crippen molar-refractivity contribution in [3.05, 3.63) is 23.8 Å². The molecule has 18 heteroatoms. The smallest absolute Gasteiger partial charge is 0.292 e. The predicted octanol–water partition coefficient (Wildman–Crippen LogP) is 7.46. The number of alkyl halides is 11. The molecule has 0 unspecified atom stereocenters. The number of Topliss-reactive ketones (excluding diaryl/α,β-unsaturated/α-hetero) is 1. The third kappa shape index (κ3) is 5.99. The molecular formula is C12H7F17O. The minimum atomic E-state index is -7.92. The summed E-state index contributed by atoms with van der Waals surface area (Å²) in [7, 11) is 0. The van der Waals surface area contributed by atoms with E-state index in [1.165, 1.54) is 0 Å². The van der Waals surface area contributed by atoms with Gasteiger partial charge in [-0.05, 0) is 0 Å². The van der Waals surface area contributed by atoms with Gasteiger partial charge >= 0.3 is 42.0 Å². The summed E-state index contributed by atoms with van der Waals surface area (Å²) in [5.74, 6) is -38.6. The normalized spacial score (nSPS) is 12.9. The Labute approximate surface area is 154 Å². The molecule has 0 heterocycles. The minimum Gasteiger partial charge on any atom is -0.292 e. The topological polar surface area (TPSA) is 17.1 Å². The Morgan fingerprint density at radius 2 is 0.900 bits per heavy atom. The van der Waals surface area contributed by atoms with Crippen LogP contribution in [0, 0.1) is 0 Å². The lowest BCUT2D eigenvalue weighted by Gasteiger charge is -2.36. The van der Waals surface area contributed by atoms with Gasteiger partial charge in [0.1, 0.15) is 0 Å². The molecule has 1 nitrogen and oxygen atoms in total. The molecule has 180 valence electrons. The number of carbonyl (C=O) groups is 1. The average molecular weight is 490 g/mol. The van der Waals surface area contributed by atoms with Gasteiger partial charge in [-0.1, -0.05) is 7.43 Å². The Balaban J connectivity index is -0.000000686. The van der Waals surface area contributed by atoms with E-state index in [4.69, 9.17) is 0 Å². The van der Waals surface area contributed by atoms with Gasteiger partial charge in [0.05, 0.1) is 0 Å². The zero-order valence-electron chi connectivity index (χ0n) is 12.8. The molecule has 0 spiro atoms. The number of halogens is 17. The van der Waals surface area contributed by atoms with E-state index in [1.54, 1.807) is 0 Å². The maximum absolute atomic E-state index is 12.5. The van der Waals surface area contributed by atoms with E-state index in [1.807, 2.05) is 0 Å². The van der Waals surface area contributed by atoms with E-state index >= 15 is 0 Å². The zero-order valence-corrected chi connectivity index (χ0v) is 12.8. The number of rotatable bonds is 5. The molecule has 0 aliphatic carbocycles. The van der Waals surface area contributed by atoms with E-state index < -0.39 is 59.5 Å². The second-order valence-electron chi connectivity index (χ2n) is 4.50. The van der Waals surface area contributed by atoms with Crippen LogP contribution in [0.4, 0.5) is 74.6 Å². The van der Waals surface area contributed by atoms with Crippen LogP contribution < -0.4 is 0 Å². The van der Waals surface area contributed by atoms with Crippen molar-refractivity contribution in [3.8, 4) is 0 Å².